The number of nitrogens with one attached hydrogen (secondary N) is 3. The number of H-pyrrole nitrogens is 1. The van der Waals surface area contributed by atoms with Crippen LogP contribution in [0.25, 0.3) is 10.9 Å². The van der Waals surface area contributed by atoms with Crippen molar-refractivity contribution in [2.75, 3.05) is 13.1 Å². The second kappa shape index (κ2) is 5.90. The van der Waals surface area contributed by atoms with E-state index in [1.54, 1.807) is 0 Å². The zero-order chi connectivity index (χ0) is 14.8. The highest BCUT2D eigenvalue weighted by Crippen LogP contribution is 2.22. The van der Waals surface area contributed by atoms with Crippen molar-refractivity contribution in [2.45, 2.75) is 39.2 Å². The fourth-order valence-electron chi connectivity index (χ4n) is 2.59. The predicted octanol–water partition coefficient (Wildman–Crippen LogP) is 2.66. The zero-order valence-electron chi connectivity index (χ0n) is 12.8. The number of amides is 1. The summed E-state index contributed by atoms with van der Waals surface area (Å²) in [7, 11) is 0. The molecule has 0 radical (unpaired) electrons. The lowest BCUT2D eigenvalue weighted by Gasteiger charge is -2.06. The smallest absolute Gasteiger partial charge is 0.251 e. The van der Waals surface area contributed by atoms with Crippen LogP contribution >= 0.6 is 0 Å². The molecule has 2 aromatic rings. The van der Waals surface area contributed by atoms with Gasteiger partial charge in [0.1, 0.15) is 0 Å². The lowest BCUT2D eigenvalue weighted by molar-refractivity contribution is 0.0953. The van der Waals surface area contributed by atoms with Crippen LogP contribution in [0.15, 0.2) is 18.2 Å². The Bertz CT molecular complexity index is 655. The molecule has 21 heavy (non-hydrogen) atoms. The summed E-state index contributed by atoms with van der Waals surface area (Å²) >= 11 is 0. The number of aryl methyl sites for hydroxylation is 2. The van der Waals surface area contributed by atoms with Crippen molar-refractivity contribution in [2.24, 2.45) is 0 Å². The molecular weight excluding hydrogens is 262 g/mol. The molecule has 4 heteroatoms. The number of hydrogen-bond donors (Lipinski definition) is 3. The molecule has 1 saturated carbocycles. The Labute approximate surface area is 125 Å². The van der Waals surface area contributed by atoms with Gasteiger partial charge in [0, 0.05) is 34.7 Å². The largest absolute Gasteiger partial charge is 0.358 e. The van der Waals surface area contributed by atoms with Gasteiger partial charge < -0.3 is 15.6 Å². The number of carbonyl (C=O) groups excluding carboxylic acids is 1. The minimum atomic E-state index is 0.0153. The first kappa shape index (κ1) is 14.1. The normalized spacial score (nSPS) is 14.6. The predicted molar refractivity (Wildman–Crippen MR) is 85.7 cm³/mol. The van der Waals surface area contributed by atoms with E-state index < -0.39 is 0 Å². The van der Waals surface area contributed by atoms with Gasteiger partial charge in [-0.1, -0.05) is 0 Å². The number of hydrogen-bond acceptors (Lipinski definition) is 2. The molecule has 3 N–H and O–H groups in total. The van der Waals surface area contributed by atoms with Crippen LogP contribution in [0.5, 0.6) is 0 Å². The van der Waals surface area contributed by atoms with Gasteiger partial charge in [0.25, 0.3) is 5.91 Å². The molecular formula is C17H23N3O. The van der Waals surface area contributed by atoms with E-state index in [0.29, 0.717) is 0 Å². The monoisotopic (exact) mass is 285 g/mol. The first-order valence-electron chi connectivity index (χ1n) is 7.75. The lowest BCUT2D eigenvalue weighted by atomic mass is 10.1. The van der Waals surface area contributed by atoms with E-state index in [0.717, 1.165) is 47.7 Å². The van der Waals surface area contributed by atoms with Crippen LogP contribution in [-0.4, -0.2) is 30.0 Å². The minimum absolute atomic E-state index is 0.0153. The summed E-state index contributed by atoms with van der Waals surface area (Å²) in [6, 6.07) is 6.59. The van der Waals surface area contributed by atoms with Gasteiger partial charge in [0.2, 0.25) is 0 Å². The van der Waals surface area contributed by atoms with Crippen molar-refractivity contribution in [3.63, 3.8) is 0 Å². The van der Waals surface area contributed by atoms with Crippen LogP contribution < -0.4 is 10.6 Å². The summed E-state index contributed by atoms with van der Waals surface area (Å²) in [5, 5.41) is 7.58. The highest BCUT2D eigenvalue weighted by Gasteiger charge is 2.19. The van der Waals surface area contributed by atoms with Crippen molar-refractivity contribution in [3.05, 3.63) is 35.0 Å². The molecule has 1 aliphatic rings. The van der Waals surface area contributed by atoms with Gasteiger partial charge in [-0.3, -0.25) is 4.79 Å². The molecule has 1 aromatic heterocycles. The third kappa shape index (κ3) is 3.27. The summed E-state index contributed by atoms with van der Waals surface area (Å²) in [6.07, 6.45) is 3.59. The Morgan fingerprint density at radius 2 is 2.10 bits per heavy atom. The molecule has 0 bridgehead atoms. The highest BCUT2D eigenvalue weighted by atomic mass is 16.1. The number of benzene rings is 1. The van der Waals surface area contributed by atoms with E-state index in [1.165, 1.54) is 18.4 Å². The maximum atomic E-state index is 12.2. The van der Waals surface area contributed by atoms with Crippen molar-refractivity contribution < 1.29 is 4.79 Å². The van der Waals surface area contributed by atoms with E-state index >= 15 is 0 Å². The second-order valence-electron chi connectivity index (χ2n) is 5.97. The molecule has 1 heterocycles. The van der Waals surface area contributed by atoms with Crippen LogP contribution in [0, 0.1) is 13.8 Å². The standard InChI is InChI=1S/C17H23N3O/c1-11-12(2)20-16-7-4-13(10-15(11)16)17(21)19-9-3-8-18-14-5-6-14/h4,7,10,14,18,20H,3,5-6,8-9H2,1-2H3,(H,19,21). The number of aromatic nitrogens is 1. The summed E-state index contributed by atoms with van der Waals surface area (Å²) < 4.78 is 0. The summed E-state index contributed by atoms with van der Waals surface area (Å²) in [5.74, 6) is 0.0153. The van der Waals surface area contributed by atoms with E-state index in [1.807, 2.05) is 18.2 Å². The van der Waals surface area contributed by atoms with Crippen LogP contribution in [-0.2, 0) is 0 Å². The minimum Gasteiger partial charge on any atom is -0.358 e. The van der Waals surface area contributed by atoms with Gasteiger partial charge in [0.05, 0.1) is 0 Å². The van der Waals surface area contributed by atoms with Crippen molar-refractivity contribution >= 4 is 16.8 Å². The SMILES string of the molecule is Cc1[nH]c2ccc(C(=O)NCCCNC3CC3)cc2c1C. The second-order valence-corrected chi connectivity index (χ2v) is 5.97. The van der Waals surface area contributed by atoms with Crippen LogP contribution in [0.1, 0.15) is 40.9 Å². The van der Waals surface area contributed by atoms with Crippen molar-refractivity contribution in [1.29, 1.82) is 0 Å². The van der Waals surface area contributed by atoms with Gasteiger partial charge in [-0.2, -0.15) is 0 Å². The van der Waals surface area contributed by atoms with E-state index in [4.69, 9.17) is 0 Å². The summed E-state index contributed by atoms with van der Waals surface area (Å²) in [5.41, 5.74) is 4.21. The van der Waals surface area contributed by atoms with Gasteiger partial charge >= 0.3 is 0 Å². The first-order valence-corrected chi connectivity index (χ1v) is 7.75. The van der Waals surface area contributed by atoms with Crippen LogP contribution in [0.3, 0.4) is 0 Å². The molecule has 0 saturated heterocycles. The molecule has 4 nitrogen and oxygen atoms in total. The Morgan fingerprint density at radius 3 is 2.86 bits per heavy atom. The van der Waals surface area contributed by atoms with E-state index in [9.17, 15) is 4.79 Å². The topological polar surface area (TPSA) is 56.9 Å². The third-order valence-corrected chi connectivity index (χ3v) is 4.22. The van der Waals surface area contributed by atoms with Crippen LogP contribution in [0.2, 0.25) is 0 Å². The maximum absolute atomic E-state index is 12.2. The molecule has 0 spiro atoms. The average molecular weight is 285 g/mol. The fourth-order valence-corrected chi connectivity index (χ4v) is 2.59. The Kier molecular flexibility index (Phi) is 3.97. The van der Waals surface area contributed by atoms with Gasteiger partial charge in [-0.05, 0) is 63.4 Å². The molecule has 112 valence electrons. The lowest BCUT2D eigenvalue weighted by Crippen LogP contribution is -2.27. The molecule has 0 unspecified atom stereocenters. The van der Waals surface area contributed by atoms with Gasteiger partial charge in [0.15, 0.2) is 0 Å². The molecule has 1 amide bonds. The number of fused-ring (bicyclic) bond motifs is 1. The first-order chi connectivity index (χ1) is 10.1. The average Bonchev–Trinajstić information content (AvgIpc) is 3.25. The van der Waals surface area contributed by atoms with Crippen molar-refractivity contribution in [1.82, 2.24) is 15.6 Å². The summed E-state index contributed by atoms with van der Waals surface area (Å²) in [6.45, 7) is 5.85. The highest BCUT2D eigenvalue weighted by molar-refractivity contribution is 5.99. The molecule has 1 aromatic carbocycles. The molecule has 3 rings (SSSR count). The quantitative estimate of drug-likeness (QED) is 0.715. The van der Waals surface area contributed by atoms with E-state index in [-0.39, 0.29) is 5.91 Å². The zero-order valence-corrected chi connectivity index (χ0v) is 12.8. The Hall–Kier alpha value is -1.81. The van der Waals surface area contributed by atoms with Crippen LogP contribution in [0.4, 0.5) is 0 Å². The number of carbonyl (C=O) groups is 1. The summed E-state index contributed by atoms with van der Waals surface area (Å²) in [4.78, 5) is 15.5. The van der Waals surface area contributed by atoms with E-state index in [2.05, 4.69) is 29.5 Å². The fraction of sp³-hybridized carbons (Fsp3) is 0.471. The molecule has 0 aliphatic heterocycles. The third-order valence-electron chi connectivity index (χ3n) is 4.22. The number of rotatable bonds is 6. The number of aromatic amines is 1. The molecule has 1 fully saturated rings. The Morgan fingerprint density at radius 1 is 1.29 bits per heavy atom. The molecule has 1 aliphatic carbocycles. The van der Waals surface area contributed by atoms with Crippen molar-refractivity contribution in [3.8, 4) is 0 Å². The molecule has 0 atom stereocenters. The van der Waals surface area contributed by atoms with Gasteiger partial charge in [-0.25, -0.2) is 0 Å². The Balaban J connectivity index is 1.57. The van der Waals surface area contributed by atoms with Gasteiger partial charge in [-0.15, -0.1) is 0 Å². The maximum Gasteiger partial charge on any atom is 0.251 e.